The van der Waals surface area contributed by atoms with Gasteiger partial charge in [-0.2, -0.15) is 0 Å². The van der Waals surface area contributed by atoms with Crippen molar-refractivity contribution in [1.29, 1.82) is 0 Å². The molecule has 0 fully saturated rings. The van der Waals surface area contributed by atoms with Gasteiger partial charge in [-0.25, -0.2) is 0 Å². The van der Waals surface area contributed by atoms with E-state index in [1.54, 1.807) is 12.1 Å². The second kappa shape index (κ2) is 6.79. The minimum absolute atomic E-state index is 0.0793. The summed E-state index contributed by atoms with van der Waals surface area (Å²) in [6.45, 7) is 4.35. The van der Waals surface area contributed by atoms with Crippen molar-refractivity contribution in [3.8, 4) is 5.75 Å². The predicted octanol–water partition coefficient (Wildman–Crippen LogP) is 2.99. The molecule has 3 N–H and O–H groups in total. The van der Waals surface area contributed by atoms with Crippen molar-refractivity contribution < 1.29 is 9.53 Å². The van der Waals surface area contributed by atoms with Crippen LogP contribution in [0.5, 0.6) is 5.75 Å². The van der Waals surface area contributed by atoms with Crippen LogP contribution in [0.4, 0.5) is 5.69 Å². The molecular weight excluding hydrogens is 264 g/mol. The molecule has 21 heavy (non-hydrogen) atoms. The summed E-state index contributed by atoms with van der Waals surface area (Å²) < 4.78 is 5.59. The summed E-state index contributed by atoms with van der Waals surface area (Å²) in [4.78, 5) is 12.1. The summed E-state index contributed by atoms with van der Waals surface area (Å²) in [5.74, 6) is 0.563. The van der Waals surface area contributed by atoms with Crippen LogP contribution in [-0.2, 0) is 6.54 Å². The second-order valence-corrected chi connectivity index (χ2v) is 5.12. The van der Waals surface area contributed by atoms with Gasteiger partial charge in [0.2, 0.25) is 0 Å². The fraction of sp³-hybridized carbons (Fsp3) is 0.235. The van der Waals surface area contributed by atoms with Crippen LogP contribution >= 0.6 is 0 Å². The van der Waals surface area contributed by atoms with Gasteiger partial charge < -0.3 is 15.8 Å². The van der Waals surface area contributed by atoms with Gasteiger partial charge in [-0.15, -0.1) is 0 Å². The Hall–Kier alpha value is -2.49. The van der Waals surface area contributed by atoms with E-state index in [9.17, 15) is 4.79 Å². The Morgan fingerprint density at radius 3 is 2.67 bits per heavy atom. The number of carbonyl (C=O) groups excluding carboxylic acids is 1. The van der Waals surface area contributed by atoms with Crippen molar-refractivity contribution in [1.82, 2.24) is 5.32 Å². The molecule has 0 atom stereocenters. The third-order valence-corrected chi connectivity index (χ3v) is 2.87. The van der Waals surface area contributed by atoms with Gasteiger partial charge in [0.1, 0.15) is 5.75 Å². The largest absolute Gasteiger partial charge is 0.491 e. The smallest absolute Gasteiger partial charge is 0.251 e. The van der Waals surface area contributed by atoms with Crippen LogP contribution < -0.4 is 15.8 Å². The van der Waals surface area contributed by atoms with Gasteiger partial charge >= 0.3 is 0 Å². The monoisotopic (exact) mass is 284 g/mol. The standard InChI is InChI=1S/C17H20N2O2/c1-12(2)21-16-8-4-6-14(10-16)17(20)19-11-13-5-3-7-15(18)9-13/h3-10,12H,11,18H2,1-2H3,(H,19,20). The normalized spacial score (nSPS) is 10.4. The van der Waals surface area contributed by atoms with Gasteiger partial charge in [0, 0.05) is 17.8 Å². The molecule has 0 aliphatic carbocycles. The van der Waals surface area contributed by atoms with Crippen LogP contribution in [0.1, 0.15) is 29.8 Å². The molecule has 2 rings (SSSR count). The lowest BCUT2D eigenvalue weighted by atomic mass is 10.1. The van der Waals surface area contributed by atoms with Crippen molar-refractivity contribution in [3.63, 3.8) is 0 Å². The number of ether oxygens (including phenoxy) is 1. The molecule has 0 heterocycles. The number of anilines is 1. The lowest BCUT2D eigenvalue weighted by molar-refractivity contribution is 0.0950. The molecule has 0 unspecified atom stereocenters. The van der Waals surface area contributed by atoms with E-state index in [0.29, 0.717) is 23.5 Å². The molecule has 0 saturated carbocycles. The molecule has 0 radical (unpaired) electrons. The number of carbonyl (C=O) groups is 1. The third kappa shape index (κ3) is 4.53. The Kier molecular flexibility index (Phi) is 4.82. The molecule has 0 bridgehead atoms. The Morgan fingerprint density at radius 1 is 1.19 bits per heavy atom. The maximum Gasteiger partial charge on any atom is 0.251 e. The predicted molar refractivity (Wildman–Crippen MR) is 84.2 cm³/mol. The summed E-state index contributed by atoms with van der Waals surface area (Å²) in [6.07, 6.45) is 0.0793. The fourth-order valence-corrected chi connectivity index (χ4v) is 1.97. The minimum atomic E-state index is -0.133. The maximum absolute atomic E-state index is 12.1. The number of amides is 1. The first kappa shape index (κ1) is 14.9. The van der Waals surface area contributed by atoms with Gasteiger partial charge in [0.05, 0.1) is 6.10 Å². The van der Waals surface area contributed by atoms with Gasteiger partial charge in [-0.05, 0) is 49.7 Å². The number of rotatable bonds is 5. The third-order valence-electron chi connectivity index (χ3n) is 2.87. The number of hydrogen-bond acceptors (Lipinski definition) is 3. The van der Waals surface area contributed by atoms with E-state index < -0.39 is 0 Å². The highest BCUT2D eigenvalue weighted by Gasteiger charge is 2.07. The van der Waals surface area contributed by atoms with Gasteiger partial charge in [0.25, 0.3) is 5.91 Å². The number of hydrogen-bond donors (Lipinski definition) is 2. The summed E-state index contributed by atoms with van der Waals surface area (Å²) in [5, 5.41) is 2.87. The van der Waals surface area contributed by atoms with E-state index in [1.165, 1.54) is 0 Å². The highest BCUT2D eigenvalue weighted by Crippen LogP contribution is 2.15. The zero-order valence-corrected chi connectivity index (χ0v) is 12.3. The van der Waals surface area contributed by atoms with E-state index in [2.05, 4.69) is 5.32 Å². The first-order valence-corrected chi connectivity index (χ1v) is 6.94. The molecule has 110 valence electrons. The Morgan fingerprint density at radius 2 is 1.95 bits per heavy atom. The Labute approximate surface area is 124 Å². The lowest BCUT2D eigenvalue weighted by Crippen LogP contribution is -2.22. The zero-order valence-electron chi connectivity index (χ0n) is 12.3. The molecular formula is C17H20N2O2. The number of nitrogens with two attached hydrogens (primary N) is 1. The quantitative estimate of drug-likeness (QED) is 0.830. The summed E-state index contributed by atoms with van der Waals surface area (Å²) in [7, 11) is 0. The first-order valence-electron chi connectivity index (χ1n) is 6.94. The molecule has 0 spiro atoms. The van der Waals surface area contributed by atoms with Crippen LogP contribution in [-0.4, -0.2) is 12.0 Å². The molecule has 1 amide bonds. The molecule has 0 saturated heterocycles. The van der Waals surface area contributed by atoms with Crippen LogP contribution in [0.3, 0.4) is 0 Å². The van der Waals surface area contributed by atoms with Crippen LogP contribution in [0.15, 0.2) is 48.5 Å². The highest BCUT2D eigenvalue weighted by atomic mass is 16.5. The first-order chi connectivity index (χ1) is 10.0. The van der Waals surface area contributed by atoms with Crippen molar-refractivity contribution >= 4 is 11.6 Å². The molecule has 0 aliphatic rings. The van der Waals surface area contributed by atoms with E-state index in [-0.39, 0.29) is 12.0 Å². The SMILES string of the molecule is CC(C)Oc1cccc(C(=O)NCc2cccc(N)c2)c1. The number of nitrogen functional groups attached to an aromatic ring is 1. The van der Waals surface area contributed by atoms with E-state index in [0.717, 1.165) is 5.56 Å². The molecule has 2 aromatic rings. The van der Waals surface area contributed by atoms with Gasteiger partial charge in [-0.1, -0.05) is 18.2 Å². The van der Waals surface area contributed by atoms with Crippen LogP contribution in [0.25, 0.3) is 0 Å². The van der Waals surface area contributed by atoms with Crippen molar-refractivity contribution in [2.24, 2.45) is 0 Å². The molecule has 0 aromatic heterocycles. The van der Waals surface area contributed by atoms with Crippen LogP contribution in [0.2, 0.25) is 0 Å². The molecule has 4 nitrogen and oxygen atoms in total. The van der Waals surface area contributed by atoms with Crippen molar-refractivity contribution in [3.05, 3.63) is 59.7 Å². The average Bonchev–Trinajstić information content (AvgIpc) is 2.44. The van der Waals surface area contributed by atoms with Crippen LogP contribution in [0, 0.1) is 0 Å². The minimum Gasteiger partial charge on any atom is -0.491 e. The fourth-order valence-electron chi connectivity index (χ4n) is 1.97. The van der Waals surface area contributed by atoms with E-state index >= 15 is 0 Å². The number of nitrogens with one attached hydrogen (secondary N) is 1. The van der Waals surface area contributed by atoms with Gasteiger partial charge in [-0.3, -0.25) is 4.79 Å². The zero-order chi connectivity index (χ0) is 15.2. The molecule has 0 aliphatic heterocycles. The van der Waals surface area contributed by atoms with E-state index in [1.807, 2.05) is 50.2 Å². The van der Waals surface area contributed by atoms with Crippen molar-refractivity contribution in [2.75, 3.05) is 5.73 Å². The van der Waals surface area contributed by atoms with Crippen molar-refractivity contribution in [2.45, 2.75) is 26.5 Å². The van der Waals surface area contributed by atoms with Gasteiger partial charge in [0.15, 0.2) is 0 Å². The highest BCUT2D eigenvalue weighted by molar-refractivity contribution is 5.94. The average molecular weight is 284 g/mol. The molecule has 2 aromatic carbocycles. The summed E-state index contributed by atoms with van der Waals surface area (Å²) in [6, 6.07) is 14.6. The Bertz CT molecular complexity index is 624. The lowest BCUT2D eigenvalue weighted by Gasteiger charge is -2.11. The maximum atomic E-state index is 12.1. The summed E-state index contributed by atoms with van der Waals surface area (Å²) >= 11 is 0. The summed E-state index contributed by atoms with van der Waals surface area (Å²) in [5.41, 5.74) is 7.95. The molecule has 4 heteroatoms. The Balaban J connectivity index is 2.00. The number of benzene rings is 2. The second-order valence-electron chi connectivity index (χ2n) is 5.12. The topological polar surface area (TPSA) is 64.3 Å². The van der Waals surface area contributed by atoms with E-state index in [4.69, 9.17) is 10.5 Å².